The molecule has 1 atom stereocenters. The van der Waals surface area contributed by atoms with E-state index in [9.17, 15) is 0 Å². The first-order valence-corrected chi connectivity index (χ1v) is 5.84. The molecule has 0 bridgehead atoms. The number of hydrogen-bond acceptors (Lipinski definition) is 3. The molecule has 1 aliphatic rings. The van der Waals surface area contributed by atoms with Crippen LogP contribution in [0, 0.1) is 0 Å². The van der Waals surface area contributed by atoms with Gasteiger partial charge in [-0.15, -0.1) is 0 Å². The summed E-state index contributed by atoms with van der Waals surface area (Å²) in [6.07, 6.45) is 1.31. The lowest BCUT2D eigenvalue weighted by Gasteiger charge is -2.40. The van der Waals surface area contributed by atoms with Gasteiger partial charge in [0.2, 0.25) is 0 Å². The van der Waals surface area contributed by atoms with Gasteiger partial charge in [0, 0.05) is 31.4 Å². The van der Waals surface area contributed by atoms with Crippen molar-refractivity contribution in [1.29, 1.82) is 0 Å². The summed E-state index contributed by atoms with van der Waals surface area (Å²) in [5, 5.41) is 0.766. The summed E-state index contributed by atoms with van der Waals surface area (Å²) in [6.45, 7) is 7.83. The average molecular weight is 188 g/mol. The van der Waals surface area contributed by atoms with Crippen LogP contribution in [-0.2, 0) is 0 Å². The van der Waals surface area contributed by atoms with Crippen LogP contribution in [0.2, 0.25) is 0 Å². The van der Waals surface area contributed by atoms with Crippen LogP contribution < -0.4 is 5.73 Å². The normalized spacial score (nSPS) is 24.5. The minimum atomic E-state index is 0.692. The second-order valence-electron chi connectivity index (χ2n) is 3.63. The first-order valence-electron chi connectivity index (χ1n) is 4.79. The van der Waals surface area contributed by atoms with Gasteiger partial charge >= 0.3 is 0 Å². The minimum absolute atomic E-state index is 0.692. The summed E-state index contributed by atoms with van der Waals surface area (Å²) in [4.78, 5) is 2.50. The third-order valence-corrected chi connectivity index (χ3v) is 3.45. The molecule has 0 aromatic carbocycles. The maximum Gasteiger partial charge on any atom is 0.0230 e. The van der Waals surface area contributed by atoms with Crippen molar-refractivity contribution in [2.24, 2.45) is 5.73 Å². The highest BCUT2D eigenvalue weighted by Gasteiger charge is 2.25. The Morgan fingerprint density at radius 3 is 2.75 bits per heavy atom. The highest BCUT2D eigenvalue weighted by atomic mass is 32.2. The number of thioether (sulfide) groups is 1. The van der Waals surface area contributed by atoms with Crippen LogP contribution in [0.3, 0.4) is 0 Å². The Morgan fingerprint density at radius 2 is 2.33 bits per heavy atom. The van der Waals surface area contributed by atoms with E-state index in [1.807, 2.05) is 11.8 Å². The summed E-state index contributed by atoms with van der Waals surface area (Å²) in [6, 6.07) is 0.692. The SMILES string of the molecule is CC(C)SCCN1CCC1CN. The molecule has 0 aromatic rings. The van der Waals surface area contributed by atoms with E-state index in [1.54, 1.807) is 0 Å². The molecule has 1 saturated heterocycles. The Balaban J connectivity index is 2.00. The standard InChI is InChI=1S/C9H20N2S/c1-8(2)12-6-5-11-4-3-9(11)7-10/h8-9H,3-7,10H2,1-2H3. The van der Waals surface area contributed by atoms with Crippen molar-refractivity contribution in [2.45, 2.75) is 31.6 Å². The smallest absolute Gasteiger partial charge is 0.0230 e. The second-order valence-corrected chi connectivity index (χ2v) is 5.32. The lowest BCUT2D eigenvalue weighted by molar-refractivity contribution is 0.106. The Bertz CT molecular complexity index is 126. The van der Waals surface area contributed by atoms with Gasteiger partial charge in [-0.2, -0.15) is 11.8 Å². The van der Waals surface area contributed by atoms with Crippen molar-refractivity contribution >= 4 is 11.8 Å². The molecule has 2 nitrogen and oxygen atoms in total. The minimum Gasteiger partial charge on any atom is -0.329 e. The number of likely N-dealkylation sites (tertiary alicyclic amines) is 1. The molecule has 3 heteroatoms. The fourth-order valence-corrected chi connectivity index (χ4v) is 2.27. The molecule has 0 saturated carbocycles. The molecule has 1 unspecified atom stereocenters. The zero-order valence-corrected chi connectivity index (χ0v) is 8.94. The van der Waals surface area contributed by atoms with Gasteiger partial charge in [-0.25, -0.2) is 0 Å². The average Bonchev–Trinajstić information content (AvgIpc) is 1.96. The van der Waals surface area contributed by atoms with Crippen LogP contribution in [0.1, 0.15) is 20.3 Å². The number of nitrogens with two attached hydrogens (primary N) is 1. The quantitative estimate of drug-likeness (QED) is 0.702. The summed E-state index contributed by atoms with van der Waals surface area (Å²) in [5.74, 6) is 1.26. The van der Waals surface area contributed by atoms with E-state index in [4.69, 9.17) is 5.73 Å². The molecule has 72 valence electrons. The Morgan fingerprint density at radius 1 is 1.58 bits per heavy atom. The van der Waals surface area contributed by atoms with E-state index in [-0.39, 0.29) is 0 Å². The summed E-state index contributed by atoms with van der Waals surface area (Å²) in [5.41, 5.74) is 5.61. The van der Waals surface area contributed by atoms with Gasteiger partial charge in [-0.1, -0.05) is 13.8 Å². The summed E-state index contributed by atoms with van der Waals surface area (Å²) in [7, 11) is 0. The van der Waals surface area contributed by atoms with E-state index in [0.717, 1.165) is 11.8 Å². The fraction of sp³-hybridized carbons (Fsp3) is 1.00. The molecule has 0 radical (unpaired) electrons. The summed E-state index contributed by atoms with van der Waals surface area (Å²) >= 11 is 2.04. The highest BCUT2D eigenvalue weighted by molar-refractivity contribution is 7.99. The van der Waals surface area contributed by atoms with Crippen molar-refractivity contribution in [2.75, 3.05) is 25.4 Å². The molecule has 1 heterocycles. The third kappa shape index (κ3) is 2.96. The molecule has 0 amide bonds. The number of nitrogens with zero attached hydrogens (tertiary/aromatic N) is 1. The zero-order valence-electron chi connectivity index (χ0n) is 8.12. The predicted octanol–water partition coefficient (Wildman–Crippen LogP) is 1.16. The first-order chi connectivity index (χ1) is 5.74. The highest BCUT2D eigenvalue weighted by Crippen LogP contribution is 2.17. The molecule has 12 heavy (non-hydrogen) atoms. The topological polar surface area (TPSA) is 29.3 Å². The van der Waals surface area contributed by atoms with Crippen molar-refractivity contribution < 1.29 is 0 Å². The Labute approximate surface area is 79.9 Å². The van der Waals surface area contributed by atoms with Crippen LogP contribution in [0.5, 0.6) is 0 Å². The molecule has 0 aromatic heterocycles. The second kappa shape index (κ2) is 5.10. The van der Waals surface area contributed by atoms with Crippen LogP contribution >= 0.6 is 11.8 Å². The molecule has 1 aliphatic heterocycles. The van der Waals surface area contributed by atoms with E-state index < -0.39 is 0 Å². The Hall–Kier alpha value is 0.270. The maximum atomic E-state index is 5.61. The molecular weight excluding hydrogens is 168 g/mol. The van der Waals surface area contributed by atoms with Gasteiger partial charge in [0.25, 0.3) is 0 Å². The van der Waals surface area contributed by atoms with Crippen molar-refractivity contribution in [3.8, 4) is 0 Å². The molecule has 0 spiro atoms. The van der Waals surface area contributed by atoms with Gasteiger partial charge in [-0.3, -0.25) is 4.90 Å². The molecule has 1 fully saturated rings. The third-order valence-electron chi connectivity index (χ3n) is 2.37. The monoisotopic (exact) mass is 188 g/mol. The zero-order chi connectivity index (χ0) is 8.97. The van der Waals surface area contributed by atoms with Crippen LogP contribution in [0.25, 0.3) is 0 Å². The number of hydrogen-bond donors (Lipinski definition) is 1. The Kier molecular flexibility index (Phi) is 4.40. The van der Waals surface area contributed by atoms with E-state index in [1.165, 1.54) is 25.3 Å². The summed E-state index contributed by atoms with van der Waals surface area (Å²) < 4.78 is 0. The lowest BCUT2D eigenvalue weighted by Crippen LogP contribution is -2.52. The van der Waals surface area contributed by atoms with E-state index in [0.29, 0.717) is 6.04 Å². The van der Waals surface area contributed by atoms with Crippen LogP contribution in [0.4, 0.5) is 0 Å². The van der Waals surface area contributed by atoms with Gasteiger partial charge in [0.05, 0.1) is 0 Å². The maximum absolute atomic E-state index is 5.61. The molecule has 2 N–H and O–H groups in total. The van der Waals surface area contributed by atoms with Crippen molar-refractivity contribution in [3.05, 3.63) is 0 Å². The predicted molar refractivity (Wildman–Crippen MR) is 56.6 cm³/mol. The lowest BCUT2D eigenvalue weighted by atomic mass is 10.0. The van der Waals surface area contributed by atoms with Crippen molar-refractivity contribution in [1.82, 2.24) is 4.90 Å². The van der Waals surface area contributed by atoms with E-state index >= 15 is 0 Å². The van der Waals surface area contributed by atoms with Crippen LogP contribution in [-0.4, -0.2) is 41.6 Å². The molecule has 1 rings (SSSR count). The molecular formula is C9H20N2S. The van der Waals surface area contributed by atoms with Gasteiger partial charge in [-0.05, 0) is 11.7 Å². The number of rotatable bonds is 5. The van der Waals surface area contributed by atoms with Gasteiger partial charge in [0.15, 0.2) is 0 Å². The van der Waals surface area contributed by atoms with Crippen LogP contribution in [0.15, 0.2) is 0 Å². The van der Waals surface area contributed by atoms with Gasteiger partial charge < -0.3 is 5.73 Å². The first kappa shape index (κ1) is 10.4. The van der Waals surface area contributed by atoms with E-state index in [2.05, 4.69) is 18.7 Å². The van der Waals surface area contributed by atoms with Gasteiger partial charge in [0.1, 0.15) is 0 Å². The fourth-order valence-electron chi connectivity index (χ4n) is 1.46. The largest absolute Gasteiger partial charge is 0.329 e. The molecule has 0 aliphatic carbocycles. The van der Waals surface area contributed by atoms with Crippen molar-refractivity contribution in [3.63, 3.8) is 0 Å².